The van der Waals surface area contributed by atoms with E-state index in [2.05, 4.69) is 24.1 Å². The Balaban J connectivity index is 1.59. The Morgan fingerprint density at radius 2 is 2.38 bits per heavy atom. The Labute approximate surface area is 97.8 Å². The van der Waals surface area contributed by atoms with Crippen LogP contribution in [-0.2, 0) is 6.54 Å². The summed E-state index contributed by atoms with van der Waals surface area (Å²) in [6, 6.07) is 2.01. The zero-order chi connectivity index (χ0) is 11.4. The largest absolute Gasteiger partial charge is 0.472 e. The molecular formula is C13H22N2O. The van der Waals surface area contributed by atoms with Crippen molar-refractivity contribution in [3.63, 3.8) is 0 Å². The number of furan rings is 1. The van der Waals surface area contributed by atoms with Crippen molar-refractivity contribution in [2.75, 3.05) is 26.2 Å². The van der Waals surface area contributed by atoms with E-state index in [1.54, 1.807) is 12.5 Å². The second kappa shape index (κ2) is 5.02. The van der Waals surface area contributed by atoms with E-state index in [9.17, 15) is 0 Å². The van der Waals surface area contributed by atoms with Gasteiger partial charge in [0.1, 0.15) is 0 Å². The Hall–Kier alpha value is -0.800. The molecule has 2 heterocycles. The van der Waals surface area contributed by atoms with Gasteiger partial charge in [0.25, 0.3) is 0 Å². The van der Waals surface area contributed by atoms with Crippen molar-refractivity contribution in [1.29, 1.82) is 0 Å². The van der Waals surface area contributed by atoms with Crippen molar-refractivity contribution in [3.05, 3.63) is 24.2 Å². The van der Waals surface area contributed by atoms with Crippen molar-refractivity contribution in [1.82, 2.24) is 10.2 Å². The van der Waals surface area contributed by atoms with Gasteiger partial charge < -0.3 is 14.6 Å². The summed E-state index contributed by atoms with van der Waals surface area (Å²) in [4.78, 5) is 2.54. The first-order chi connectivity index (χ1) is 7.66. The SMILES string of the molecule is CC1(C)CCN(CCNCc2ccoc2)C1. The smallest absolute Gasteiger partial charge is 0.0947 e. The van der Waals surface area contributed by atoms with Crippen LogP contribution in [0.4, 0.5) is 0 Å². The lowest BCUT2D eigenvalue weighted by Gasteiger charge is -2.19. The minimum absolute atomic E-state index is 0.518. The number of likely N-dealkylation sites (tertiary alicyclic amines) is 1. The summed E-state index contributed by atoms with van der Waals surface area (Å²) in [5, 5.41) is 3.44. The molecule has 1 fully saturated rings. The second-order valence-corrected chi connectivity index (χ2v) is 5.50. The Morgan fingerprint density at radius 3 is 3.00 bits per heavy atom. The molecule has 1 aliphatic heterocycles. The molecule has 0 aromatic carbocycles. The minimum atomic E-state index is 0.518. The fourth-order valence-electron chi connectivity index (χ4n) is 2.28. The average molecular weight is 222 g/mol. The molecule has 1 saturated heterocycles. The predicted molar refractivity (Wildman–Crippen MR) is 65.3 cm³/mol. The van der Waals surface area contributed by atoms with Crippen LogP contribution in [0, 0.1) is 5.41 Å². The normalized spacial score (nSPS) is 20.4. The van der Waals surface area contributed by atoms with Crippen LogP contribution in [0.15, 0.2) is 23.0 Å². The summed E-state index contributed by atoms with van der Waals surface area (Å²) in [5.41, 5.74) is 1.74. The second-order valence-electron chi connectivity index (χ2n) is 5.50. The lowest BCUT2D eigenvalue weighted by Crippen LogP contribution is -2.31. The summed E-state index contributed by atoms with van der Waals surface area (Å²) < 4.78 is 5.02. The molecule has 0 saturated carbocycles. The summed E-state index contributed by atoms with van der Waals surface area (Å²) in [6.45, 7) is 10.3. The molecule has 0 radical (unpaired) electrons. The van der Waals surface area contributed by atoms with Gasteiger partial charge in [-0.25, -0.2) is 0 Å². The third kappa shape index (κ3) is 3.35. The Bertz CT molecular complexity index is 306. The number of nitrogens with zero attached hydrogens (tertiary/aromatic N) is 1. The van der Waals surface area contributed by atoms with Crippen LogP contribution >= 0.6 is 0 Å². The highest BCUT2D eigenvalue weighted by atomic mass is 16.3. The summed E-state index contributed by atoms with van der Waals surface area (Å²) in [5.74, 6) is 0. The van der Waals surface area contributed by atoms with Crippen LogP contribution in [0.25, 0.3) is 0 Å². The monoisotopic (exact) mass is 222 g/mol. The van der Waals surface area contributed by atoms with E-state index in [-0.39, 0.29) is 0 Å². The first kappa shape index (κ1) is 11.7. The van der Waals surface area contributed by atoms with E-state index in [1.165, 1.54) is 25.1 Å². The third-order valence-electron chi connectivity index (χ3n) is 3.27. The highest BCUT2D eigenvalue weighted by Crippen LogP contribution is 2.28. The molecule has 0 amide bonds. The van der Waals surface area contributed by atoms with Gasteiger partial charge in [-0.15, -0.1) is 0 Å². The van der Waals surface area contributed by atoms with Crippen molar-refractivity contribution in [3.8, 4) is 0 Å². The highest BCUT2D eigenvalue weighted by molar-refractivity contribution is 5.04. The fraction of sp³-hybridized carbons (Fsp3) is 0.692. The summed E-state index contributed by atoms with van der Waals surface area (Å²) >= 11 is 0. The van der Waals surface area contributed by atoms with Crippen LogP contribution in [0.1, 0.15) is 25.8 Å². The maximum absolute atomic E-state index is 5.02. The molecular weight excluding hydrogens is 200 g/mol. The molecule has 2 rings (SSSR count). The minimum Gasteiger partial charge on any atom is -0.472 e. The maximum Gasteiger partial charge on any atom is 0.0947 e. The molecule has 3 heteroatoms. The van der Waals surface area contributed by atoms with Gasteiger partial charge in [-0.1, -0.05) is 13.8 Å². The zero-order valence-corrected chi connectivity index (χ0v) is 10.3. The Kier molecular flexibility index (Phi) is 3.66. The highest BCUT2D eigenvalue weighted by Gasteiger charge is 2.28. The summed E-state index contributed by atoms with van der Waals surface area (Å²) in [6.07, 6.45) is 4.85. The molecule has 1 aliphatic rings. The predicted octanol–water partition coefficient (Wildman–Crippen LogP) is 2.10. The first-order valence-electron chi connectivity index (χ1n) is 6.10. The van der Waals surface area contributed by atoms with Crippen molar-refractivity contribution >= 4 is 0 Å². The molecule has 16 heavy (non-hydrogen) atoms. The van der Waals surface area contributed by atoms with Crippen LogP contribution in [0.2, 0.25) is 0 Å². The molecule has 90 valence electrons. The van der Waals surface area contributed by atoms with E-state index >= 15 is 0 Å². The standard InChI is InChI=1S/C13H22N2O/c1-13(2)4-6-15(11-13)7-5-14-9-12-3-8-16-10-12/h3,8,10,14H,4-7,9,11H2,1-2H3. The average Bonchev–Trinajstić information content (AvgIpc) is 2.82. The lowest BCUT2D eigenvalue weighted by molar-refractivity contribution is 0.290. The molecule has 3 nitrogen and oxygen atoms in total. The van der Waals surface area contributed by atoms with Crippen molar-refractivity contribution < 1.29 is 4.42 Å². The molecule has 0 spiro atoms. The lowest BCUT2D eigenvalue weighted by atomic mass is 9.93. The van der Waals surface area contributed by atoms with E-state index in [0.717, 1.165) is 19.6 Å². The fourth-order valence-corrected chi connectivity index (χ4v) is 2.28. The molecule has 1 aromatic heterocycles. The van der Waals surface area contributed by atoms with Gasteiger partial charge in [0, 0.05) is 31.7 Å². The van der Waals surface area contributed by atoms with Gasteiger partial charge in [-0.2, -0.15) is 0 Å². The van der Waals surface area contributed by atoms with E-state index in [4.69, 9.17) is 4.42 Å². The van der Waals surface area contributed by atoms with Crippen molar-refractivity contribution in [2.24, 2.45) is 5.41 Å². The Morgan fingerprint density at radius 1 is 1.50 bits per heavy atom. The van der Waals surface area contributed by atoms with Crippen LogP contribution in [0.5, 0.6) is 0 Å². The number of hydrogen-bond acceptors (Lipinski definition) is 3. The molecule has 0 bridgehead atoms. The van der Waals surface area contributed by atoms with E-state index < -0.39 is 0 Å². The van der Waals surface area contributed by atoms with Gasteiger partial charge in [-0.05, 0) is 24.4 Å². The number of hydrogen-bond donors (Lipinski definition) is 1. The zero-order valence-electron chi connectivity index (χ0n) is 10.3. The molecule has 0 aliphatic carbocycles. The number of nitrogens with one attached hydrogen (secondary N) is 1. The maximum atomic E-state index is 5.02. The van der Waals surface area contributed by atoms with Gasteiger partial charge in [-0.3, -0.25) is 0 Å². The molecule has 1 aromatic rings. The van der Waals surface area contributed by atoms with E-state index in [1.807, 2.05) is 6.07 Å². The first-order valence-corrected chi connectivity index (χ1v) is 6.10. The molecule has 0 unspecified atom stereocenters. The van der Waals surface area contributed by atoms with Crippen LogP contribution in [0.3, 0.4) is 0 Å². The van der Waals surface area contributed by atoms with Gasteiger partial charge in [0.2, 0.25) is 0 Å². The van der Waals surface area contributed by atoms with Gasteiger partial charge >= 0.3 is 0 Å². The van der Waals surface area contributed by atoms with Crippen LogP contribution < -0.4 is 5.32 Å². The number of rotatable bonds is 5. The summed E-state index contributed by atoms with van der Waals surface area (Å²) in [7, 11) is 0. The van der Waals surface area contributed by atoms with Crippen LogP contribution in [-0.4, -0.2) is 31.1 Å². The van der Waals surface area contributed by atoms with E-state index in [0.29, 0.717) is 5.41 Å². The molecule has 1 N–H and O–H groups in total. The van der Waals surface area contributed by atoms with Gasteiger partial charge in [0.05, 0.1) is 12.5 Å². The van der Waals surface area contributed by atoms with Crippen molar-refractivity contribution in [2.45, 2.75) is 26.8 Å². The quantitative estimate of drug-likeness (QED) is 0.773. The molecule has 0 atom stereocenters. The third-order valence-corrected chi connectivity index (χ3v) is 3.27. The topological polar surface area (TPSA) is 28.4 Å². The van der Waals surface area contributed by atoms with Gasteiger partial charge in [0.15, 0.2) is 0 Å².